The summed E-state index contributed by atoms with van der Waals surface area (Å²) in [6, 6.07) is 29.6. The molecule has 0 atom stereocenters. The van der Waals surface area contributed by atoms with Crippen LogP contribution >= 0.6 is 0 Å². The van der Waals surface area contributed by atoms with E-state index in [1.165, 1.54) is 5.56 Å². The van der Waals surface area contributed by atoms with Crippen molar-refractivity contribution in [1.82, 2.24) is 0 Å². The number of ether oxygens (including phenoxy) is 2. The number of rotatable bonds is 8. The molecule has 0 saturated carbocycles. The maximum atomic E-state index is 12.9. The number of carbonyl (C=O) groups is 1. The number of hydrogen-bond donors (Lipinski definition) is 1. The standard InChI is InChI=1S/C30H29NO3/c1-4-33-29-17-13-25(30(32)31-27-14-10-21(2)22(3)18-27)19-26(29)20-34-28-15-11-24(12-16-28)23-8-6-5-7-9-23/h5-19H,4,20H2,1-3H3,(H,31,32). The molecule has 34 heavy (non-hydrogen) atoms. The van der Waals surface area contributed by atoms with Crippen molar-refractivity contribution in [2.45, 2.75) is 27.4 Å². The second kappa shape index (κ2) is 10.7. The van der Waals surface area contributed by atoms with E-state index < -0.39 is 0 Å². The highest BCUT2D eigenvalue weighted by atomic mass is 16.5. The van der Waals surface area contributed by atoms with Gasteiger partial charge in [-0.05, 0) is 85.5 Å². The Hall–Kier alpha value is -4.05. The highest BCUT2D eigenvalue weighted by Crippen LogP contribution is 2.26. The van der Waals surface area contributed by atoms with Gasteiger partial charge in [-0.15, -0.1) is 0 Å². The number of benzene rings is 4. The molecule has 4 aromatic rings. The molecule has 4 heteroatoms. The van der Waals surface area contributed by atoms with Crippen molar-refractivity contribution in [3.8, 4) is 22.6 Å². The number of amides is 1. The summed E-state index contributed by atoms with van der Waals surface area (Å²) in [5.41, 5.74) is 6.77. The van der Waals surface area contributed by atoms with Crippen LogP contribution in [-0.2, 0) is 6.61 Å². The van der Waals surface area contributed by atoms with Crippen LogP contribution in [0, 0.1) is 13.8 Å². The summed E-state index contributed by atoms with van der Waals surface area (Å²) in [7, 11) is 0. The Labute approximate surface area is 201 Å². The summed E-state index contributed by atoms with van der Waals surface area (Å²) in [6.07, 6.45) is 0. The molecule has 4 aromatic carbocycles. The van der Waals surface area contributed by atoms with E-state index in [9.17, 15) is 4.79 Å². The van der Waals surface area contributed by atoms with Crippen molar-refractivity contribution in [3.63, 3.8) is 0 Å². The average molecular weight is 452 g/mol. The summed E-state index contributed by atoms with van der Waals surface area (Å²) < 4.78 is 11.8. The third-order valence-electron chi connectivity index (χ3n) is 5.74. The molecule has 0 unspecified atom stereocenters. The summed E-state index contributed by atoms with van der Waals surface area (Å²) in [6.45, 7) is 6.85. The van der Waals surface area contributed by atoms with Gasteiger partial charge in [-0.25, -0.2) is 0 Å². The van der Waals surface area contributed by atoms with Gasteiger partial charge in [-0.1, -0.05) is 48.5 Å². The highest BCUT2D eigenvalue weighted by molar-refractivity contribution is 6.04. The smallest absolute Gasteiger partial charge is 0.255 e. The molecule has 4 rings (SSSR count). The first-order chi connectivity index (χ1) is 16.5. The molecule has 172 valence electrons. The van der Waals surface area contributed by atoms with Crippen molar-refractivity contribution < 1.29 is 14.3 Å². The van der Waals surface area contributed by atoms with Gasteiger partial charge in [0.1, 0.15) is 18.1 Å². The molecule has 0 bridgehead atoms. The number of anilines is 1. The van der Waals surface area contributed by atoms with Gasteiger partial charge in [0.05, 0.1) is 6.61 Å². The average Bonchev–Trinajstić information content (AvgIpc) is 2.86. The number of hydrogen-bond acceptors (Lipinski definition) is 3. The first kappa shape index (κ1) is 23.1. The van der Waals surface area contributed by atoms with Crippen LogP contribution in [0.5, 0.6) is 11.5 Å². The third-order valence-corrected chi connectivity index (χ3v) is 5.74. The van der Waals surface area contributed by atoms with Gasteiger partial charge in [-0.3, -0.25) is 4.79 Å². The zero-order valence-corrected chi connectivity index (χ0v) is 19.8. The minimum absolute atomic E-state index is 0.167. The molecular formula is C30H29NO3. The largest absolute Gasteiger partial charge is 0.493 e. The molecule has 0 aliphatic heterocycles. The predicted octanol–water partition coefficient (Wildman–Crippen LogP) is 7.20. The quantitative estimate of drug-likeness (QED) is 0.308. The van der Waals surface area contributed by atoms with E-state index in [4.69, 9.17) is 9.47 Å². The topological polar surface area (TPSA) is 47.6 Å². The number of nitrogens with one attached hydrogen (secondary N) is 1. The van der Waals surface area contributed by atoms with E-state index in [1.54, 1.807) is 6.07 Å². The number of aryl methyl sites for hydroxylation is 2. The van der Waals surface area contributed by atoms with Crippen LogP contribution in [0.3, 0.4) is 0 Å². The van der Waals surface area contributed by atoms with Crippen LogP contribution in [-0.4, -0.2) is 12.5 Å². The molecule has 0 aromatic heterocycles. The molecule has 0 aliphatic rings. The predicted molar refractivity (Wildman–Crippen MR) is 138 cm³/mol. The molecule has 0 spiro atoms. The third kappa shape index (κ3) is 5.65. The fourth-order valence-corrected chi connectivity index (χ4v) is 3.69. The number of carbonyl (C=O) groups excluding carboxylic acids is 1. The lowest BCUT2D eigenvalue weighted by Gasteiger charge is -2.14. The lowest BCUT2D eigenvalue weighted by Crippen LogP contribution is -2.13. The Bertz CT molecular complexity index is 1260. The molecule has 0 aliphatic carbocycles. The molecule has 0 radical (unpaired) electrons. The second-order valence-electron chi connectivity index (χ2n) is 8.19. The maximum absolute atomic E-state index is 12.9. The Morgan fingerprint density at radius 1 is 0.765 bits per heavy atom. The fraction of sp³-hybridized carbons (Fsp3) is 0.167. The summed E-state index contributed by atoms with van der Waals surface area (Å²) >= 11 is 0. The summed E-state index contributed by atoms with van der Waals surface area (Å²) in [5, 5.41) is 2.98. The van der Waals surface area contributed by atoms with Crippen LogP contribution < -0.4 is 14.8 Å². The van der Waals surface area contributed by atoms with E-state index >= 15 is 0 Å². The van der Waals surface area contributed by atoms with Crippen molar-refractivity contribution in [1.29, 1.82) is 0 Å². The molecule has 1 amide bonds. The zero-order chi connectivity index (χ0) is 23.9. The monoisotopic (exact) mass is 451 g/mol. The minimum atomic E-state index is -0.167. The van der Waals surface area contributed by atoms with Crippen LogP contribution in [0.2, 0.25) is 0 Å². The lowest BCUT2D eigenvalue weighted by molar-refractivity contribution is 0.102. The van der Waals surface area contributed by atoms with Crippen LogP contribution in [0.15, 0.2) is 91.0 Å². The van der Waals surface area contributed by atoms with Crippen molar-refractivity contribution in [2.24, 2.45) is 0 Å². The van der Waals surface area contributed by atoms with Gasteiger partial charge >= 0.3 is 0 Å². The second-order valence-corrected chi connectivity index (χ2v) is 8.19. The van der Waals surface area contributed by atoms with Gasteiger partial charge in [0, 0.05) is 16.8 Å². The lowest BCUT2D eigenvalue weighted by atomic mass is 10.1. The van der Waals surface area contributed by atoms with Crippen LogP contribution in [0.4, 0.5) is 5.69 Å². The molecular weight excluding hydrogens is 422 g/mol. The van der Waals surface area contributed by atoms with E-state index in [0.29, 0.717) is 24.5 Å². The Morgan fingerprint density at radius 3 is 2.21 bits per heavy atom. The van der Waals surface area contributed by atoms with Crippen molar-refractivity contribution in [2.75, 3.05) is 11.9 Å². The van der Waals surface area contributed by atoms with E-state index in [0.717, 1.165) is 33.7 Å². The van der Waals surface area contributed by atoms with Crippen molar-refractivity contribution in [3.05, 3.63) is 113 Å². The molecule has 0 fully saturated rings. The fourth-order valence-electron chi connectivity index (χ4n) is 3.69. The first-order valence-corrected chi connectivity index (χ1v) is 11.5. The van der Waals surface area contributed by atoms with Crippen molar-refractivity contribution >= 4 is 11.6 Å². The minimum Gasteiger partial charge on any atom is -0.493 e. The van der Waals surface area contributed by atoms with Gasteiger partial charge in [0.2, 0.25) is 0 Å². The zero-order valence-electron chi connectivity index (χ0n) is 19.8. The van der Waals surface area contributed by atoms with Gasteiger partial charge in [-0.2, -0.15) is 0 Å². The van der Waals surface area contributed by atoms with Gasteiger partial charge in [0.15, 0.2) is 0 Å². The highest BCUT2D eigenvalue weighted by Gasteiger charge is 2.12. The van der Waals surface area contributed by atoms with Crippen LogP contribution in [0.25, 0.3) is 11.1 Å². The Balaban J connectivity index is 1.48. The molecule has 0 saturated heterocycles. The summed E-state index contributed by atoms with van der Waals surface area (Å²) in [5.74, 6) is 1.30. The van der Waals surface area contributed by atoms with E-state index in [-0.39, 0.29) is 5.91 Å². The van der Waals surface area contributed by atoms with E-state index in [2.05, 4.69) is 24.4 Å². The summed E-state index contributed by atoms with van der Waals surface area (Å²) in [4.78, 5) is 12.9. The normalized spacial score (nSPS) is 10.6. The van der Waals surface area contributed by atoms with E-state index in [1.807, 2.05) is 86.6 Å². The molecule has 0 heterocycles. The Morgan fingerprint density at radius 2 is 1.50 bits per heavy atom. The first-order valence-electron chi connectivity index (χ1n) is 11.5. The van der Waals surface area contributed by atoms with Gasteiger partial charge < -0.3 is 14.8 Å². The maximum Gasteiger partial charge on any atom is 0.255 e. The SMILES string of the molecule is CCOc1ccc(C(=O)Nc2ccc(C)c(C)c2)cc1COc1ccc(-c2ccccc2)cc1. The van der Waals surface area contributed by atoms with Crippen LogP contribution in [0.1, 0.15) is 34.0 Å². The Kier molecular flexibility index (Phi) is 7.28. The van der Waals surface area contributed by atoms with Gasteiger partial charge in [0.25, 0.3) is 5.91 Å². The molecule has 4 nitrogen and oxygen atoms in total. The molecule has 1 N–H and O–H groups in total.